The zero-order valence-corrected chi connectivity index (χ0v) is 19.2. The molecule has 7 heterocycles. The minimum Gasteiger partial charge on any atom is -0.489 e. The van der Waals surface area contributed by atoms with Crippen molar-refractivity contribution in [1.82, 2.24) is 40.4 Å². The van der Waals surface area contributed by atoms with Crippen LogP contribution in [-0.2, 0) is 0 Å². The number of H-pyrrole nitrogens is 2. The normalized spacial score (nSPS) is 14.6. The number of hydrogen-bond acceptors (Lipinski definition) is 8. The van der Waals surface area contributed by atoms with E-state index >= 15 is 0 Å². The molecule has 6 aromatic heterocycles. The van der Waals surface area contributed by atoms with Gasteiger partial charge in [0.1, 0.15) is 17.5 Å². The zero-order valence-electron chi connectivity index (χ0n) is 19.2. The third kappa shape index (κ3) is 3.68. The average molecular weight is 479 g/mol. The first-order valence-electron chi connectivity index (χ1n) is 11.9. The Balaban J connectivity index is 1.26. The molecule has 10 nitrogen and oxygen atoms in total. The molecular weight excluding hydrogens is 456 g/mol. The summed E-state index contributed by atoms with van der Waals surface area (Å²) in [5.74, 6) is 1.40. The summed E-state index contributed by atoms with van der Waals surface area (Å²) in [6.45, 7) is 1.95. The van der Waals surface area contributed by atoms with Crippen molar-refractivity contribution < 1.29 is 9.15 Å². The number of hydrogen-bond donors (Lipinski definition) is 3. The number of rotatable bonds is 5. The summed E-state index contributed by atoms with van der Waals surface area (Å²) in [6.07, 6.45) is 12.7. The second kappa shape index (κ2) is 8.58. The molecule has 6 aromatic rings. The molecule has 1 fully saturated rings. The van der Waals surface area contributed by atoms with Crippen molar-refractivity contribution in [2.75, 3.05) is 13.1 Å². The molecule has 1 saturated heterocycles. The van der Waals surface area contributed by atoms with Gasteiger partial charge in [-0.3, -0.25) is 10.1 Å². The van der Waals surface area contributed by atoms with Crippen molar-refractivity contribution >= 4 is 22.2 Å². The first-order chi connectivity index (χ1) is 17.8. The van der Waals surface area contributed by atoms with Crippen molar-refractivity contribution in [3.05, 3.63) is 61.6 Å². The lowest BCUT2D eigenvalue weighted by molar-refractivity contribution is 0.162. The summed E-state index contributed by atoms with van der Waals surface area (Å²) in [7, 11) is 0. The van der Waals surface area contributed by atoms with Gasteiger partial charge in [0.2, 0.25) is 0 Å². The molecule has 0 aliphatic carbocycles. The van der Waals surface area contributed by atoms with E-state index in [-0.39, 0.29) is 6.10 Å². The van der Waals surface area contributed by atoms with Crippen LogP contribution in [0.3, 0.4) is 0 Å². The number of nitrogens with one attached hydrogen (secondary N) is 3. The Labute approximate surface area is 205 Å². The molecule has 1 aliphatic heterocycles. The highest BCUT2D eigenvalue weighted by atomic mass is 16.5. The van der Waals surface area contributed by atoms with Crippen LogP contribution >= 0.6 is 0 Å². The van der Waals surface area contributed by atoms with Crippen LogP contribution < -0.4 is 10.1 Å². The van der Waals surface area contributed by atoms with Crippen LogP contribution in [0.5, 0.6) is 5.75 Å². The Bertz CT molecular complexity index is 1660. The Morgan fingerprint density at radius 3 is 2.75 bits per heavy atom. The molecular formula is C26H22N8O2. The summed E-state index contributed by atoms with van der Waals surface area (Å²) >= 11 is 0. The van der Waals surface area contributed by atoms with E-state index in [0.29, 0.717) is 17.1 Å². The fraction of sp³-hybridized carbons (Fsp3) is 0.192. The van der Waals surface area contributed by atoms with Gasteiger partial charge in [-0.1, -0.05) is 0 Å². The molecule has 7 rings (SSSR count). The number of nitrogens with zero attached hydrogens (tertiary/aromatic N) is 5. The Morgan fingerprint density at radius 1 is 0.944 bits per heavy atom. The number of aromatic nitrogens is 7. The maximum absolute atomic E-state index is 6.19. The van der Waals surface area contributed by atoms with Gasteiger partial charge in [-0.05, 0) is 50.2 Å². The van der Waals surface area contributed by atoms with E-state index in [4.69, 9.17) is 14.1 Å². The number of furan rings is 1. The standard InChI is InChI=1S/C26H22N8O2/c1-5-27-6-2-18(1)36-19-9-16(11-28-13-19)17-10-21-23(33-34-24(21)30-12-17)26-31-22-20(15-4-8-35-14-15)3-7-29-25(22)32-26/h3-4,7-14,18,27H,1-2,5-6H2,(H,29,31,32)(H,30,33,34). The number of pyridine rings is 3. The summed E-state index contributed by atoms with van der Waals surface area (Å²) in [6, 6.07) is 7.91. The van der Waals surface area contributed by atoms with Crippen LogP contribution in [0.2, 0.25) is 0 Å². The maximum Gasteiger partial charge on any atom is 0.181 e. The number of ether oxygens (including phenoxy) is 1. The number of piperidine rings is 1. The molecule has 36 heavy (non-hydrogen) atoms. The minimum absolute atomic E-state index is 0.206. The lowest BCUT2D eigenvalue weighted by Crippen LogP contribution is -2.34. The lowest BCUT2D eigenvalue weighted by atomic mass is 10.1. The highest BCUT2D eigenvalue weighted by molar-refractivity contribution is 5.95. The third-order valence-electron chi connectivity index (χ3n) is 6.51. The topological polar surface area (TPSA) is 130 Å². The van der Waals surface area contributed by atoms with E-state index in [0.717, 1.165) is 70.5 Å². The molecule has 0 amide bonds. The van der Waals surface area contributed by atoms with E-state index in [9.17, 15) is 0 Å². The van der Waals surface area contributed by atoms with E-state index in [2.05, 4.69) is 35.5 Å². The quantitative estimate of drug-likeness (QED) is 0.333. The van der Waals surface area contributed by atoms with E-state index in [1.165, 1.54) is 0 Å². The van der Waals surface area contributed by atoms with Gasteiger partial charge in [0.05, 0.1) is 29.6 Å². The maximum atomic E-state index is 6.19. The second-order valence-corrected chi connectivity index (χ2v) is 8.82. The van der Waals surface area contributed by atoms with Crippen molar-refractivity contribution in [3.63, 3.8) is 0 Å². The van der Waals surface area contributed by atoms with Crippen LogP contribution in [0.15, 0.2) is 66.0 Å². The van der Waals surface area contributed by atoms with Gasteiger partial charge in [-0.2, -0.15) is 5.10 Å². The third-order valence-corrected chi connectivity index (χ3v) is 6.51. The molecule has 178 valence electrons. The van der Waals surface area contributed by atoms with Crippen molar-refractivity contribution in [2.45, 2.75) is 18.9 Å². The van der Waals surface area contributed by atoms with E-state index in [1.807, 2.05) is 30.5 Å². The van der Waals surface area contributed by atoms with Gasteiger partial charge in [0.25, 0.3) is 0 Å². The van der Waals surface area contributed by atoms with Crippen LogP contribution in [0.4, 0.5) is 0 Å². The summed E-state index contributed by atoms with van der Waals surface area (Å²) in [5, 5.41) is 11.7. The first-order valence-corrected chi connectivity index (χ1v) is 11.9. The highest BCUT2D eigenvalue weighted by Crippen LogP contribution is 2.32. The molecule has 0 unspecified atom stereocenters. The summed E-state index contributed by atoms with van der Waals surface area (Å²) in [5.41, 5.74) is 6.55. The van der Waals surface area contributed by atoms with Crippen LogP contribution in [0.1, 0.15) is 12.8 Å². The van der Waals surface area contributed by atoms with Gasteiger partial charge in [-0.15, -0.1) is 0 Å². The van der Waals surface area contributed by atoms with Gasteiger partial charge in [-0.25, -0.2) is 15.0 Å². The van der Waals surface area contributed by atoms with Crippen molar-refractivity contribution in [3.8, 4) is 39.5 Å². The molecule has 1 aliphatic rings. The fourth-order valence-corrected chi connectivity index (χ4v) is 4.67. The van der Waals surface area contributed by atoms with E-state index in [1.54, 1.807) is 31.1 Å². The minimum atomic E-state index is 0.206. The molecule has 10 heteroatoms. The lowest BCUT2D eigenvalue weighted by Gasteiger charge is -2.23. The highest BCUT2D eigenvalue weighted by Gasteiger charge is 2.18. The predicted molar refractivity (Wildman–Crippen MR) is 134 cm³/mol. The van der Waals surface area contributed by atoms with Crippen molar-refractivity contribution in [1.29, 1.82) is 0 Å². The van der Waals surface area contributed by atoms with Gasteiger partial charge < -0.3 is 19.5 Å². The molecule has 0 atom stereocenters. The number of fused-ring (bicyclic) bond motifs is 2. The Hall–Kier alpha value is -4.57. The van der Waals surface area contributed by atoms with Gasteiger partial charge in [0.15, 0.2) is 17.1 Å². The SMILES string of the molecule is c1cc(-c2ccoc2)c2[nH]c(-c3[nH]nc4ncc(-c5cncc(OC6CCNCC6)c5)cc34)nc2n1. The van der Waals surface area contributed by atoms with Crippen LogP contribution in [0.25, 0.3) is 56.0 Å². The molecule has 0 aromatic carbocycles. The first kappa shape index (κ1) is 20.8. The summed E-state index contributed by atoms with van der Waals surface area (Å²) < 4.78 is 11.5. The monoisotopic (exact) mass is 478 g/mol. The van der Waals surface area contributed by atoms with E-state index < -0.39 is 0 Å². The summed E-state index contributed by atoms with van der Waals surface area (Å²) in [4.78, 5) is 21.6. The Kier molecular flexibility index (Phi) is 4.95. The average Bonchev–Trinajstić information content (AvgIpc) is 3.68. The molecule has 0 radical (unpaired) electrons. The molecule has 0 saturated carbocycles. The van der Waals surface area contributed by atoms with Crippen LogP contribution in [-0.4, -0.2) is 54.3 Å². The van der Waals surface area contributed by atoms with Crippen molar-refractivity contribution in [2.24, 2.45) is 0 Å². The molecule has 0 spiro atoms. The largest absolute Gasteiger partial charge is 0.489 e. The number of imidazole rings is 1. The molecule has 0 bridgehead atoms. The second-order valence-electron chi connectivity index (χ2n) is 8.82. The van der Waals surface area contributed by atoms with Gasteiger partial charge in [0, 0.05) is 40.8 Å². The van der Waals surface area contributed by atoms with Gasteiger partial charge >= 0.3 is 0 Å². The van der Waals surface area contributed by atoms with Crippen LogP contribution in [0, 0.1) is 0 Å². The fourth-order valence-electron chi connectivity index (χ4n) is 4.67. The predicted octanol–water partition coefficient (Wildman–Crippen LogP) is 4.35. The zero-order chi connectivity index (χ0) is 23.9. The smallest absolute Gasteiger partial charge is 0.181 e. The number of aromatic amines is 2. The molecule has 3 N–H and O–H groups in total. The Morgan fingerprint density at radius 2 is 1.86 bits per heavy atom.